The molecule has 2 aromatic carbocycles. The summed E-state index contributed by atoms with van der Waals surface area (Å²) in [6.07, 6.45) is 2.57. The van der Waals surface area contributed by atoms with Gasteiger partial charge in [-0.15, -0.1) is 0 Å². The minimum atomic E-state index is -3.96. The van der Waals surface area contributed by atoms with E-state index in [0.29, 0.717) is 31.1 Å². The molecule has 1 unspecified atom stereocenters. The number of carbonyl (C=O) groups excluding carboxylic acids is 1. The molecular weight excluding hydrogens is 501 g/mol. The van der Waals surface area contributed by atoms with Crippen molar-refractivity contribution in [3.05, 3.63) is 53.3 Å². The van der Waals surface area contributed by atoms with Gasteiger partial charge in [0.25, 0.3) is 0 Å². The van der Waals surface area contributed by atoms with Crippen molar-refractivity contribution in [1.29, 1.82) is 0 Å². The number of hydrogen-bond acceptors (Lipinski definition) is 6. The number of aromatic nitrogens is 1. The van der Waals surface area contributed by atoms with Crippen LogP contribution in [-0.2, 0) is 19.6 Å². The second-order valence-corrected chi connectivity index (χ2v) is 12.5. The van der Waals surface area contributed by atoms with Crippen molar-refractivity contribution < 1.29 is 22.3 Å². The van der Waals surface area contributed by atoms with Crippen LogP contribution in [0.2, 0.25) is 0 Å². The van der Waals surface area contributed by atoms with Crippen LogP contribution in [0.4, 0.5) is 9.52 Å². The van der Waals surface area contributed by atoms with E-state index in [1.807, 2.05) is 13.8 Å². The fourth-order valence-corrected chi connectivity index (χ4v) is 7.78. The smallest absolute Gasteiger partial charge is 0.245 e. The maximum absolute atomic E-state index is 14.2. The summed E-state index contributed by atoms with van der Waals surface area (Å²) in [7, 11) is -3.96. The first kappa shape index (κ1) is 25.3. The van der Waals surface area contributed by atoms with Crippen molar-refractivity contribution in [1.82, 2.24) is 9.29 Å². The summed E-state index contributed by atoms with van der Waals surface area (Å²) in [5.41, 5.74) is 3.12. The molecule has 3 heterocycles. The van der Waals surface area contributed by atoms with Crippen LogP contribution in [0.1, 0.15) is 36.8 Å². The Morgan fingerprint density at radius 3 is 2.64 bits per heavy atom. The number of sulfonamides is 1. The van der Waals surface area contributed by atoms with E-state index >= 15 is 0 Å². The summed E-state index contributed by atoms with van der Waals surface area (Å²) >= 11 is 1.50. The summed E-state index contributed by atoms with van der Waals surface area (Å²) < 4.78 is 48.3. The van der Waals surface area contributed by atoms with Gasteiger partial charge in [-0.1, -0.05) is 29.5 Å². The molecular formula is C26H30FN3O4S2. The van der Waals surface area contributed by atoms with Crippen molar-refractivity contribution in [3.63, 3.8) is 0 Å². The first-order valence-corrected chi connectivity index (χ1v) is 14.5. The molecule has 1 atom stereocenters. The van der Waals surface area contributed by atoms with Gasteiger partial charge in [0.1, 0.15) is 10.7 Å². The predicted molar refractivity (Wildman–Crippen MR) is 138 cm³/mol. The molecule has 36 heavy (non-hydrogen) atoms. The average molecular weight is 532 g/mol. The quantitative estimate of drug-likeness (QED) is 0.462. The van der Waals surface area contributed by atoms with Crippen LogP contribution in [0.25, 0.3) is 10.2 Å². The lowest BCUT2D eigenvalue weighted by molar-refractivity contribution is -0.123. The molecule has 0 bridgehead atoms. The van der Waals surface area contributed by atoms with E-state index in [2.05, 4.69) is 12.1 Å². The minimum Gasteiger partial charge on any atom is -0.376 e. The zero-order valence-electron chi connectivity index (χ0n) is 20.4. The second-order valence-electron chi connectivity index (χ2n) is 9.62. The molecule has 1 aromatic heterocycles. The fraction of sp³-hybridized carbons (Fsp3) is 0.462. The Bertz CT molecular complexity index is 1380. The molecule has 3 aromatic rings. The van der Waals surface area contributed by atoms with Gasteiger partial charge < -0.3 is 4.74 Å². The standard InChI is InChI=1S/C26H30FN3O4S2/c1-17-14-18(2)24-22(15-17)35-26(28-24)30(16-20-6-5-13-34-20)25(31)19-9-11-29(12-10-19)36(32,33)23-8-4-3-7-21(23)27/h3-4,7-8,14-15,19-20H,5-6,9-13,16H2,1-2H3. The van der Waals surface area contributed by atoms with Crippen LogP contribution in [0, 0.1) is 25.6 Å². The van der Waals surface area contributed by atoms with E-state index in [1.165, 1.54) is 33.8 Å². The second kappa shape index (κ2) is 10.2. The van der Waals surface area contributed by atoms with E-state index in [9.17, 15) is 17.6 Å². The van der Waals surface area contributed by atoms with Gasteiger partial charge in [-0.05, 0) is 68.9 Å². The molecule has 0 N–H and O–H groups in total. The summed E-state index contributed by atoms with van der Waals surface area (Å²) in [5, 5.41) is 0.653. The predicted octanol–water partition coefficient (Wildman–Crippen LogP) is 4.67. The Morgan fingerprint density at radius 2 is 1.94 bits per heavy atom. The molecule has 2 aliphatic rings. The third-order valence-electron chi connectivity index (χ3n) is 6.98. The molecule has 0 aliphatic carbocycles. The minimum absolute atomic E-state index is 0.0367. The number of thiazole rings is 1. The van der Waals surface area contributed by atoms with Gasteiger partial charge in [-0.2, -0.15) is 4.31 Å². The molecule has 2 fully saturated rings. The Hall–Kier alpha value is -2.40. The number of halogens is 1. The number of rotatable bonds is 6. The van der Waals surface area contributed by atoms with Gasteiger partial charge in [0, 0.05) is 25.6 Å². The van der Waals surface area contributed by atoms with Gasteiger partial charge in [0.05, 0.1) is 22.9 Å². The van der Waals surface area contributed by atoms with Gasteiger partial charge in [-0.25, -0.2) is 17.8 Å². The van der Waals surface area contributed by atoms with E-state index in [1.54, 1.807) is 4.90 Å². The molecule has 0 spiro atoms. The maximum atomic E-state index is 14.2. The summed E-state index contributed by atoms with van der Waals surface area (Å²) in [6, 6.07) is 9.58. The average Bonchev–Trinajstić information content (AvgIpc) is 3.52. The highest BCUT2D eigenvalue weighted by molar-refractivity contribution is 7.89. The fourth-order valence-electron chi connectivity index (χ4n) is 5.09. The number of benzene rings is 2. The largest absolute Gasteiger partial charge is 0.376 e. The van der Waals surface area contributed by atoms with E-state index in [0.717, 1.165) is 40.3 Å². The van der Waals surface area contributed by atoms with Gasteiger partial charge in [0.15, 0.2) is 5.13 Å². The molecule has 1 amide bonds. The number of amides is 1. The van der Waals surface area contributed by atoms with Gasteiger partial charge >= 0.3 is 0 Å². The number of carbonyl (C=O) groups is 1. The molecule has 2 aliphatic heterocycles. The number of fused-ring (bicyclic) bond motifs is 1. The molecule has 2 saturated heterocycles. The molecule has 10 heteroatoms. The summed E-state index contributed by atoms with van der Waals surface area (Å²) in [4.78, 5) is 20.1. The van der Waals surface area contributed by atoms with E-state index < -0.39 is 15.8 Å². The van der Waals surface area contributed by atoms with Crippen molar-refractivity contribution in [2.45, 2.75) is 50.5 Å². The number of nitrogens with zero attached hydrogens (tertiary/aromatic N) is 3. The van der Waals surface area contributed by atoms with Gasteiger partial charge in [-0.3, -0.25) is 9.69 Å². The lowest BCUT2D eigenvalue weighted by atomic mass is 9.96. The monoisotopic (exact) mass is 531 g/mol. The zero-order valence-corrected chi connectivity index (χ0v) is 22.1. The van der Waals surface area contributed by atoms with Crippen LogP contribution in [0.5, 0.6) is 0 Å². The van der Waals surface area contributed by atoms with Crippen LogP contribution in [0.3, 0.4) is 0 Å². The van der Waals surface area contributed by atoms with E-state index in [-0.39, 0.29) is 35.9 Å². The number of anilines is 1. The van der Waals surface area contributed by atoms with Crippen molar-refractivity contribution in [2.75, 3.05) is 31.1 Å². The highest BCUT2D eigenvalue weighted by Gasteiger charge is 2.37. The highest BCUT2D eigenvalue weighted by atomic mass is 32.2. The summed E-state index contributed by atoms with van der Waals surface area (Å²) in [6.45, 7) is 5.53. The number of piperidine rings is 1. The topological polar surface area (TPSA) is 79.8 Å². The maximum Gasteiger partial charge on any atom is 0.245 e. The van der Waals surface area contributed by atoms with Crippen LogP contribution >= 0.6 is 11.3 Å². The normalized spacial score (nSPS) is 19.7. The molecule has 7 nitrogen and oxygen atoms in total. The Balaban J connectivity index is 1.36. The third-order valence-corrected chi connectivity index (χ3v) is 9.94. The van der Waals surface area contributed by atoms with Crippen LogP contribution < -0.4 is 4.90 Å². The SMILES string of the molecule is Cc1cc(C)c2nc(N(CC3CCCO3)C(=O)C3CCN(S(=O)(=O)c4ccccc4F)CC3)sc2c1. The van der Waals surface area contributed by atoms with Crippen LogP contribution in [-0.4, -0.2) is 56.0 Å². The summed E-state index contributed by atoms with van der Waals surface area (Å²) in [5.74, 6) is -1.16. The Morgan fingerprint density at radius 1 is 1.19 bits per heavy atom. The lowest BCUT2D eigenvalue weighted by Crippen LogP contribution is -2.46. The van der Waals surface area contributed by atoms with Gasteiger partial charge in [0.2, 0.25) is 15.9 Å². The number of hydrogen-bond donors (Lipinski definition) is 0. The Labute approximate surface area is 214 Å². The first-order chi connectivity index (χ1) is 17.2. The first-order valence-electron chi connectivity index (χ1n) is 12.3. The van der Waals surface area contributed by atoms with E-state index in [4.69, 9.17) is 9.72 Å². The highest BCUT2D eigenvalue weighted by Crippen LogP contribution is 2.35. The van der Waals surface area contributed by atoms with Crippen molar-refractivity contribution in [3.8, 4) is 0 Å². The molecule has 0 radical (unpaired) electrons. The number of ether oxygens (including phenoxy) is 1. The molecule has 5 rings (SSSR count). The zero-order chi connectivity index (χ0) is 25.4. The van der Waals surface area contributed by atoms with Crippen molar-refractivity contribution in [2.24, 2.45) is 5.92 Å². The van der Waals surface area contributed by atoms with Crippen molar-refractivity contribution >= 4 is 42.6 Å². The Kier molecular flexibility index (Phi) is 7.13. The lowest BCUT2D eigenvalue weighted by Gasteiger charge is -2.33. The third kappa shape index (κ3) is 4.91. The molecule has 0 saturated carbocycles. The van der Waals surface area contributed by atoms with Crippen LogP contribution in [0.15, 0.2) is 41.3 Å². The number of aryl methyl sites for hydroxylation is 2. The molecule has 192 valence electrons.